The molecule has 2 heterocycles. The van der Waals surface area contributed by atoms with E-state index in [1.165, 1.54) is 19.1 Å². The van der Waals surface area contributed by atoms with Crippen molar-refractivity contribution in [2.75, 3.05) is 6.79 Å². The molecule has 3 atom stereocenters. The topological polar surface area (TPSA) is 125 Å². The van der Waals surface area contributed by atoms with Gasteiger partial charge in [0.25, 0.3) is 5.69 Å². The maximum absolute atomic E-state index is 12.7. The van der Waals surface area contributed by atoms with Crippen molar-refractivity contribution in [3.8, 4) is 5.75 Å². The maximum Gasteiger partial charge on any atom is 0.329 e. The van der Waals surface area contributed by atoms with Crippen LogP contribution in [0.15, 0.2) is 12.1 Å². The normalized spacial score (nSPS) is 24.0. The summed E-state index contributed by atoms with van der Waals surface area (Å²) in [7, 11) is 0. The van der Waals surface area contributed by atoms with Crippen molar-refractivity contribution in [3.63, 3.8) is 0 Å². The summed E-state index contributed by atoms with van der Waals surface area (Å²) in [6.07, 6.45) is 3.11. The van der Waals surface area contributed by atoms with Gasteiger partial charge >= 0.3 is 5.97 Å². The molecule has 2 fully saturated rings. The smallest absolute Gasteiger partial charge is 0.329 e. The minimum Gasteiger partial charge on any atom is -0.467 e. The van der Waals surface area contributed by atoms with Crippen molar-refractivity contribution in [1.29, 1.82) is 0 Å². The first-order chi connectivity index (χ1) is 14.4. The van der Waals surface area contributed by atoms with E-state index in [0.29, 0.717) is 29.7 Å². The highest BCUT2D eigenvalue weighted by Crippen LogP contribution is 2.39. The number of benzene rings is 1. The van der Waals surface area contributed by atoms with E-state index in [1.807, 2.05) is 0 Å². The second-order valence-electron chi connectivity index (χ2n) is 7.79. The molecule has 0 aromatic heterocycles. The largest absolute Gasteiger partial charge is 0.467 e. The third-order valence-electron chi connectivity index (χ3n) is 5.96. The monoisotopic (exact) mass is 418 g/mol. The van der Waals surface area contributed by atoms with E-state index < -0.39 is 16.9 Å². The standard InChI is InChI=1S/C20H22N2O8/c1-11(21-18(23)15-4-2-3-5-16(15)19(21)24)20(25)29-9-13-7-14(22(26)27)6-12-8-28-10-30-17(12)13/h6-7,11,15-16H,2-5,8-10H2,1H3/t11-,15-,16+/m0/s1. The van der Waals surface area contributed by atoms with Crippen LogP contribution in [0.25, 0.3) is 0 Å². The fourth-order valence-corrected chi connectivity index (χ4v) is 4.44. The van der Waals surface area contributed by atoms with Crippen LogP contribution in [0.5, 0.6) is 5.75 Å². The summed E-state index contributed by atoms with van der Waals surface area (Å²) in [5.74, 6) is -1.70. The molecule has 1 saturated heterocycles. The van der Waals surface area contributed by atoms with Gasteiger partial charge in [-0.3, -0.25) is 24.6 Å². The van der Waals surface area contributed by atoms with E-state index in [4.69, 9.17) is 14.2 Å². The van der Waals surface area contributed by atoms with Crippen LogP contribution in [-0.4, -0.2) is 40.4 Å². The molecule has 1 aromatic carbocycles. The van der Waals surface area contributed by atoms with Gasteiger partial charge in [-0.2, -0.15) is 0 Å². The average molecular weight is 418 g/mol. The second-order valence-corrected chi connectivity index (χ2v) is 7.79. The van der Waals surface area contributed by atoms with E-state index in [0.717, 1.165) is 17.7 Å². The molecule has 10 nitrogen and oxygen atoms in total. The van der Waals surface area contributed by atoms with Crippen molar-refractivity contribution < 1.29 is 33.5 Å². The second kappa shape index (κ2) is 8.02. The molecular formula is C20H22N2O8. The molecule has 160 valence electrons. The zero-order valence-electron chi connectivity index (χ0n) is 16.5. The Hall–Kier alpha value is -3.01. The van der Waals surface area contributed by atoms with Crippen LogP contribution >= 0.6 is 0 Å². The third kappa shape index (κ3) is 3.51. The predicted octanol–water partition coefficient (Wildman–Crippen LogP) is 2.07. The van der Waals surface area contributed by atoms with E-state index in [-0.39, 0.29) is 49.3 Å². The number of hydrogen-bond donors (Lipinski definition) is 0. The molecule has 3 aliphatic rings. The van der Waals surface area contributed by atoms with E-state index in [9.17, 15) is 24.5 Å². The van der Waals surface area contributed by atoms with E-state index in [1.54, 1.807) is 0 Å². The van der Waals surface area contributed by atoms with Crippen molar-refractivity contribution in [3.05, 3.63) is 33.4 Å². The Morgan fingerprint density at radius 1 is 1.27 bits per heavy atom. The Morgan fingerprint density at radius 2 is 1.93 bits per heavy atom. The molecule has 2 aliphatic heterocycles. The van der Waals surface area contributed by atoms with Crippen molar-refractivity contribution in [2.24, 2.45) is 11.8 Å². The van der Waals surface area contributed by atoms with Crippen molar-refractivity contribution in [2.45, 2.75) is 51.9 Å². The lowest BCUT2D eigenvalue weighted by Gasteiger charge is -2.23. The fraction of sp³-hybridized carbons (Fsp3) is 0.550. The van der Waals surface area contributed by atoms with Crippen molar-refractivity contribution >= 4 is 23.5 Å². The quantitative estimate of drug-likeness (QED) is 0.308. The SMILES string of the molecule is C[C@@H](C(=O)OCc1cc([N+](=O)[O-])cc2c1OCOC2)N1C(=O)[C@H]2CCCC[C@H]2C1=O. The Balaban J connectivity index is 1.48. The molecule has 0 bridgehead atoms. The molecule has 1 saturated carbocycles. The van der Waals surface area contributed by atoms with Gasteiger partial charge in [0.1, 0.15) is 18.4 Å². The molecule has 0 N–H and O–H groups in total. The zero-order valence-corrected chi connectivity index (χ0v) is 16.5. The Bertz CT molecular complexity index is 890. The van der Waals surface area contributed by atoms with Crippen LogP contribution in [0.1, 0.15) is 43.7 Å². The molecule has 1 aliphatic carbocycles. The van der Waals surface area contributed by atoms with E-state index in [2.05, 4.69) is 0 Å². The molecule has 30 heavy (non-hydrogen) atoms. The summed E-state index contributed by atoms with van der Waals surface area (Å²) in [6, 6.07) is 1.57. The number of carbonyl (C=O) groups is 3. The summed E-state index contributed by atoms with van der Waals surface area (Å²) < 4.78 is 15.9. The number of ether oxygens (including phenoxy) is 3. The molecule has 1 aromatic rings. The lowest BCUT2D eigenvalue weighted by molar-refractivity contribution is -0.385. The predicted molar refractivity (Wildman–Crippen MR) is 99.9 cm³/mol. The zero-order chi connectivity index (χ0) is 21.4. The van der Waals surface area contributed by atoms with Gasteiger partial charge in [-0.1, -0.05) is 12.8 Å². The first-order valence-corrected chi connectivity index (χ1v) is 9.92. The highest BCUT2D eigenvalue weighted by Gasteiger charge is 2.51. The van der Waals surface area contributed by atoms with E-state index >= 15 is 0 Å². The molecular weight excluding hydrogens is 396 g/mol. The minimum atomic E-state index is -1.06. The van der Waals surface area contributed by atoms with Gasteiger partial charge in [-0.15, -0.1) is 0 Å². The van der Waals surface area contributed by atoms with Crippen LogP contribution < -0.4 is 4.74 Å². The number of imide groups is 1. The number of nitro benzene ring substituents is 1. The molecule has 0 unspecified atom stereocenters. The summed E-state index contributed by atoms with van der Waals surface area (Å²) in [4.78, 5) is 49.6. The minimum absolute atomic E-state index is 0.0122. The van der Waals surface area contributed by atoms with Gasteiger partial charge < -0.3 is 14.2 Å². The lowest BCUT2D eigenvalue weighted by Crippen LogP contribution is -2.44. The van der Waals surface area contributed by atoms with Gasteiger partial charge in [-0.05, 0) is 19.8 Å². The molecule has 2 amide bonds. The van der Waals surface area contributed by atoms with Crippen LogP contribution in [0.4, 0.5) is 5.69 Å². The number of likely N-dealkylation sites (tertiary alicyclic amines) is 1. The Labute approximate surface area is 172 Å². The lowest BCUT2D eigenvalue weighted by atomic mass is 9.81. The fourth-order valence-electron chi connectivity index (χ4n) is 4.44. The highest BCUT2D eigenvalue weighted by atomic mass is 16.7. The number of nitrogens with zero attached hydrogens (tertiary/aromatic N) is 2. The van der Waals surface area contributed by atoms with Crippen molar-refractivity contribution in [1.82, 2.24) is 4.90 Å². The van der Waals surface area contributed by atoms with Crippen LogP contribution in [-0.2, 0) is 37.1 Å². The first kappa shape index (κ1) is 20.3. The Morgan fingerprint density at radius 3 is 2.57 bits per heavy atom. The number of nitro groups is 1. The third-order valence-corrected chi connectivity index (χ3v) is 5.96. The van der Waals surface area contributed by atoms with Gasteiger partial charge in [0.15, 0.2) is 6.79 Å². The van der Waals surface area contributed by atoms with Gasteiger partial charge in [0, 0.05) is 23.3 Å². The number of carbonyl (C=O) groups excluding carboxylic acids is 3. The van der Waals surface area contributed by atoms with Crippen LogP contribution in [0, 0.1) is 22.0 Å². The number of rotatable bonds is 5. The van der Waals surface area contributed by atoms with Gasteiger partial charge in [0.05, 0.1) is 23.4 Å². The molecule has 10 heteroatoms. The summed E-state index contributed by atoms with van der Waals surface area (Å²) in [5.41, 5.74) is 0.648. The molecule has 0 radical (unpaired) electrons. The number of non-ortho nitro benzene ring substituents is 1. The number of fused-ring (bicyclic) bond motifs is 2. The average Bonchev–Trinajstić information content (AvgIpc) is 3.01. The number of esters is 1. The number of hydrogen-bond acceptors (Lipinski definition) is 8. The summed E-state index contributed by atoms with van der Waals surface area (Å²) >= 11 is 0. The molecule has 0 spiro atoms. The molecule has 4 rings (SSSR count). The summed E-state index contributed by atoms with van der Waals surface area (Å²) in [6.45, 7) is 1.31. The highest BCUT2D eigenvalue weighted by molar-refractivity contribution is 6.07. The van der Waals surface area contributed by atoms with Gasteiger partial charge in [-0.25, -0.2) is 4.79 Å². The summed E-state index contributed by atoms with van der Waals surface area (Å²) in [5, 5.41) is 11.2. The maximum atomic E-state index is 12.7. The number of amides is 2. The Kier molecular flexibility index (Phi) is 5.42. The van der Waals surface area contributed by atoms with Crippen LogP contribution in [0.3, 0.4) is 0 Å². The van der Waals surface area contributed by atoms with Crippen LogP contribution in [0.2, 0.25) is 0 Å². The first-order valence-electron chi connectivity index (χ1n) is 9.92. The van der Waals surface area contributed by atoms with Gasteiger partial charge in [0.2, 0.25) is 11.8 Å².